The van der Waals surface area contributed by atoms with Gasteiger partial charge in [0, 0.05) is 11.8 Å². The van der Waals surface area contributed by atoms with Gasteiger partial charge in [0.1, 0.15) is 22.9 Å². The highest BCUT2D eigenvalue weighted by Crippen LogP contribution is 2.31. The van der Waals surface area contributed by atoms with Crippen molar-refractivity contribution in [2.75, 3.05) is 14.2 Å². The minimum Gasteiger partial charge on any atom is -0.497 e. The van der Waals surface area contributed by atoms with Gasteiger partial charge in [-0.25, -0.2) is 4.68 Å². The molecule has 10 heteroatoms. The molecule has 0 bridgehead atoms. The Hall–Kier alpha value is -3.69. The first-order valence-electron chi connectivity index (χ1n) is 9.57. The van der Waals surface area contributed by atoms with Crippen LogP contribution in [0.4, 0.5) is 13.2 Å². The first-order chi connectivity index (χ1) is 15.2. The van der Waals surface area contributed by atoms with Crippen LogP contribution in [0.1, 0.15) is 34.6 Å². The largest absolute Gasteiger partial charge is 0.497 e. The predicted molar refractivity (Wildman–Crippen MR) is 110 cm³/mol. The maximum atomic E-state index is 12.8. The van der Waals surface area contributed by atoms with Gasteiger partial charge in [-0.15, -0.1) is 0 Å². The van der Waals surface area contributed by atoms with Gasteiger partial charge >= 0.3 is 6.18 Å². The molecule has 1 heterocycles. The number of halogens is 3. The molecule has 0 aliphatic heterocycles. The molecule has 0 saturated heterocycles. The molecular weight excluding hydrogens is 427 g/mol. The summed E-state index contributed by atoms with van der Waals surface area (Å²) in [5.41, 5.74) is 0.0522. The molecule has 1 N–H and O–H groups in total. The Morgan fingerprint density at radius 3 is 2.56 bits per heavy atom. The van der Waals surface area contributed by atoms with Crippen molar-refractivity contribution >= 4 is 5.91 Å². The molecule has 0 aliphatic rings. The van der Waals surface area contributed by atoms with Crippen LogP contribution >= 0.6 is 0 Å². The van der Waals surface area contributed by atoms with Crippen molar-refractivity contribution in [2.45, 2.75) is 25.9 Å². The van der Waals surface area contributed by atoms with E-state index in [4.69, 9.17) is 14.2 Å². The van der Waals surface area contributed by atoms with Gasteiger partial charge < -0.3 is 19.5 Å². The molecule has 3 aromatic rings. The number of nitrogens with one attached hydrogen (secondary N) is 1. The van der Waals surface area contributed by atoms with Crippen molar-refractivity contribution < 1.29 is 32.2 Å². The van der Waals surface area contributed by atoms with Crippen LogP contribution in [0, 0.1) is 0 Å². The summed E-state index contributed by atoms with van der Waals surface area (Å²) in [6.45, 7) is 1.64. The molecule has 2 aromatic carbocycles. The number of methoxy groups -OCH3 is 2. The van der Waals surface area contributed by atoms with E-state index >= 15 is 0 Å². The van der Waals surface area contributed by atoms with Crippen molar-refractivity contribution in [3.63, 3.8) is 0 Å². The molecule has 0 saturated carbocycles. The summed E-state index contributed by atoms with van der Waals surface area (Å²) in [6, 6.07) is 10.9. The minimum atomic E-state index is -4.46. The Balaban J connectivity index is 1.64. The number of carbonyl (C=O) groups is 1. The zero-order valence-electron chi connectivity index (χ0n) is 17.6. The van der Waals surface area contributed by atoms with Crippen molar-refractivity contribution in [1.29, 1.82) is 0 Å². The number of amides is 1. The summed E-state index contributed by atoms with van der Waals surface area (Å²) in [5, 5.41) is 6.95. The molecule has 0 fully saturated rings. The van der Waals surface area contributed by atoms with Gasteiger partial charge in [0.25, 0.3) is 5.91 Å². The minimum absolute atomic E-state index is 0.0417. The lowest BCUT2D eigenvalue weighted by atomic mass is 10.1. The SMILES string of the molecule is COc1ccc(OC)c(C(C)NC(=O)c2ccn(COc3cccc(C(F)(F)F)c3)n2)c1. The highest BCUT2D eigenvalue weighted by molar-refractivity contribution is 5.92. The molecule has 3 rings (SSSR count). The number of alkyl halides is 3. The van der Waals surface area contributed by atoms with Gasteiger partial charge in [0.05, 0.1) is 25.8 Å². The average Bonchev–Trinajstić information content (AvgIpc) is 3.26. The van der Waals surface area contributed by atoms with E-state index < -0.39 is 23.7 Å². The molecule has 170 valence electrons. The number of rotatable bonds is 8. The fourth-order valence-corrected chi connectivity index (χ4v) is 2.98. The van der Waals surface area contributed by atoms with E-state index in [1.807, 2.05) is 0 Å². The number of ether oxygens (including phenoxy) is 3. The number of nitrogens with zero attached hydrogens (tertiary/aromatic N) is 2. The third kappa shape index (κ3) is 5.51. The zero-order valence-corrected chi connectivity index (χ0v) is 17.6. The second-order valence-corrected chi connectivity index (χ2v) is 6.84. The standard InChI is InChI=1S/C22H22F3N3O4/c1-14(18-12-16(30-2)7-8-20(18)31-3)26-21(29)19-9-10-28(27-19)13-32-17-6-4-5-15(11-17)22(23,24)25/h4-12,14H,13H2,1-3H3,(H,26,29). The smallest absolute Gasteiger partial charge is 0.416 e. The zero-order chi connectivity index (χ0) is 23.3. The molecule has 0 spiro atoms. The number of carbonyl (C=O) groups excluding carboxylic acids is 1. The summed E-state index contributed by atoms with van der Waals surface area (Å²) in [4.78, 5) is 12.6. The van der Waals surface area contributed by atoms with Gasteiger partial charge in [0.2, 0.25) is 0 Å². The maximum Gasteiger partial charge on any atom is 0.416 e. The molecule has 7 nitrogen and oxygen atoms in total. The maximum absolute atomic E-state index is 12.8. The number of hydrogen-bond acceptors (Lipinski definition) is 5. The van der Waals surface area contributed by atoms with E-state index in [1.165, 1.54) is 36.2 Å². The first-order valence-corrected chi connectivity index (χ1v) is 9.57. The van der Waals surface area contributed by atoms with Crippen molar-refractivity contribution in [1.82, 2.24) is 15.1 Å². The predicted octanol–water partition coefficient (Wildman–Crippen LogP) is 4.45. The van der Waals surface area contributed by atoms with E-state index in [-0.39, 0.29) is 18.2 Å². The molecular formula is C22H22F3N3O4. The van der Waals surface area contributed by atoms with E-state index in [0.29, 0.717) is 11.5 Å². The average molecular weight is 449 g/mol. The van der Waals surface area contributed by atoms with Gasteiger partial charge in [-0.1, -0.05) is 6.07 Å². The van der Waals surface area contributed by atoms with E-state index in [2.05, 4.69) is 10.4 Å². The normalized spacial score (nSPS) is 12.2. The van der Waals surface area contributed by atoms with Crippen molar-refractivity contribution in [2.24, 2.45) is 0 Å². The lowest BCUT2D eigenvalue weighted by Crippen LogP contribution is -2.27. The Bertz CT molecular complexity index is 1080. The van der Waals surface area contributed by atoms with Crippen LogP contribution in [0.25, 0.3) is 0 Å². The molecule has 32 heavy (non-hydrogen) atoms. The Morgan fingerprint density at radius 1 is 1.09 bits per heavy atom. The van der Waals surface area contributed by atoms with E-state index in [1.54, 1.807) is 32.2 Å². The molecule has 1 aromatic heterocycles. The summed E-state index contributed by atoms with van der Waals surface area (Å²) in [7, 11) is 3.08. The van der Waals surface area contributed by atoms with E-state index in [9.17, 15) is 18.0 Å². The number of benzene rings is 2. The number of hydrogen-bond donors (Lipinski definition) is 1. The van der Waals surface area contributed by atoms with Crippen LogP contribution < -0.4 is 19.5 Å². The molecule has 1 amide bonds. The van der Waals surface area contributed by atoms with Crippen LogP contribution in [-0.2, 0) is 12.9 Å². The third-order valence-corrected chi connectivity index (χ3v) is 4.65. The number of aromatic nitrogens is 2. The molecule has 1 unspecified atom stereocenters. The Morgan fingerprint density at radius 2 is 1.88 bits per heavy atom. The van der Waals surface area contributed by atoms with Gasteiger partial charge in [0.15, 0.2) is 6.73 Å². The van der Waals surface area contributed by atoms with Crippen molar-refractivity contribution in [3.05, 3.63) is 71.5 Å². The Kier molecular flexibility index (Phi) is 6.92. The van der Waals surface area contributed by atoms with Gasteiger partial charge in [-0.05, 0) is 49.4 Å². The fourth-order valence-electron chi connectivity index (χ4n) is 2.98. The Labute approximate surface area is 182 Å². The van der Waals surface area contributed by atoms with Crippen LogP contribution in [0.2, 0.25) is 0 Å². The lowest BCUT2D eigenvalue weighted by Gasteiger charge is -2.17. The molecule has 0 aliphatic carbocycles. The first kappa shape index (κ1) is 23.0. The summed E-state index contributed by atoms with van der Waals surface area (Å²) < 4.78 is 55.7. The van der Waals surface area contributed by atoms with Crippen LogP contribution in [0.3, 0.4) is 0 Å². The highest BCUT2D eigenvalue weighted by Gasteiger charge is 2.30. The monoisotopic (exact) mass is 449 g/mol. The summed E-state index contributed by atoms with van der Waals surface area (Å²) >= 11 is 0. The topological polar surface area (TPSA) is 74.6 Å². The molecule has 0 radical (unpaired) electrons. The van der Waals surface area contributed by atoms with Gasteiger partial charge in [-0.2, -0.15) is 18.3 Å². The second-order valence-electron chi connectivity index (χ2n) is 6.84. The molecule has 1 atom stereocenters. The van der Waals surface area contributed by atoms with Crippen LogP contribution in [0.15, 0.2) is 54.7 Å². The fraction of sp³-hybridized carbons (Fsp3) is 0.273. The summed E-state index contributed by atoms with van der Waals surface area (Å²) in [5.74, 6) is 0.830. The van der Waals surface area contributed by atoms with Crippen molar-refractivity contribution in [3.8, 4) is 17.2 Å². The lowest BCUT2D eigenvalue weighted by molar-refractivity contribution is -0.137. The van der Waals surface area contributed by atoms with Crippen LogP contribution in [-0.4, -0.2) is 29.9 Å². The highest BCUT2D eigenvalue weighted by atomic mass is 19.4. The van der Waals surface area contributed by atoms with E-state index in [0.717, 1.165) is 17.7 Å². The quantitative estimate of drug-likeness (QED) is 0.550. The van der Waals surface area contributed by atoms with Crippen LogP contribution in [0.5, 0.6) is 17.2 Å². The van der Waals surface area contributed by atoms with Gasteiger partial charge in [-0.3, -0.25) is 4.79 Å². The second kappa shape index (κ2) is 9.63. The summed E-state index contributed by atoms with van der Waals surface area (Å²) in [6.07, 6.45) is -2.96. The third-order valence-electron chi connectivity index (χ3n) is 4.65.